The lowest BCUT2D eigenvalue weighted by molar-refractivity contribution is 0.792. The highest BCUT2D eigenvalue weighted by molar-refractivity contribution is 5.57. The highest BCUT2D eigenvalue weighted by Gasteiger charge is 2.01. The van der Waals surface area contributed by atoms with Crippen molar-refractivity contribution >= 4 is 11.8 Å². The quantitative estimate of drug-likeness (QED) is 0.649. The number of rotatable bonds is 6. The number of allylic oxidation sites excluding steroid dienone is 2. The molecule has 0 aliphatic carbocycles. The molecule has 0 radical (unpaired) electrons. The van der Waals surface area contributed by atoms with Gasteiger partial charge in [-0.3, -0.25) is 0 Å². The van der Waals surface area contributed by atoms with Crippen molar-refractivity contribution in [2.24, 2.45) is 0 Å². The fourth-order valence-corrected chi connectivity index (χ4v) is 1.77. The van der Waals surface area contributed by atoms with Crippen LogP contribution < -0.4 is 4.90 Å². The number of hydrogen-bond acceptors (Lipinski definition) is 1. The third-order valence-corrected chi connectivity index (χ3v) is 2.69. The second-order valence-corrected chi connectivity index (χ2v) is 4.35. The number of nitrogens with zero attached hydrogens (tertiary/aromatic N) is 1. The summed E-state index contributed by atoms with van der Waals surface area (Å²) in [5.74, 6) is 0. The summed E-state index contributed by atoms with van der Waals surface area (Å²) in [5, 5.41) is 0. The first kappa shape index (κ1) is 13.6. The molecule has 0 N–H and O–H groups in total. The van der Waals surface area contributed by atoms with Crippen LogP contribution >= 0.6 is 0 Å². The maximum Gasteiger partial charge on any atom is 0.0366 e. The van der Waals surface area contributed by atoms with Crippen molar-refractivity contribution in [3.05, 3.63) is 48.1 Å². The molecule has 0 atom stereocenters. The van der Waals surface area contributed by atoms with Gasteiger partial charge in [0.2, 0.25) is 0 Å². The molecule has 0 aliphatic heterocycles. The Morgan fingerprint density at radius 2 is 1.88 bits per heavy atom. The molecule has 1 nitrogen and oxygen atoms in total. The highest BCUT2D eigenvalue weighted by Crippen LogP contribution is 2.16. The lowest BCUT2D eigenvalue weighted by atomic mass is 10.1. The van der Waals surface area contributed by atoms with E-state index in [4.69, 9.17) is 0 Å². The van der Waals surface area contributed by atoms with Crippen LogP contribution in [0.1, 0.15) is 32.8 Å². The molecule has 0 spiro atoms. The Bertz CT molecular complexity index is 373. The Morgan fingerprint density at radius 3 is 2.35 bits per heavy atom. The molecule has 0 unspecified atom stereocenters. The van der Waals surface area contributed by atoms with Crippen molar-refractivity contribution in [3.8, 4) is 0 Å². The number of anilines is 1. The van der Waals surface area contributed by atoms with E-state index in [1.807, 2.05) is 13.0 Å². The van der Waals surface area contributed by atoms with Gasteiger partial charge in [-0.2, -0.15) is 0 Å². The standard InChI is InChI=1S/C16H23N/c1-5-13-17(6-2)16-11-9-15(10-12-16)8-7-14(3)4/h7-12H,3,5-6,13H2,1-2,4H3/b8-7+. The smallest absolute Gasteiger partial charge is 0.0366 e. The van der Waals surface area contributed by atoms with E-state index in [1.165, 1.54) is 17.7 Å². The minimum atomic E-state index is 1.06. The average Bonchev–Trinajstić information content (AvgIpc) is 2.34. The van der Waals surface area contributed by atoms with Crippen molar-refractivity contribution in [3.63, 3.8) is 0 Å². The zero-order valence-electron chi connectivity index (χ0n) is 11.2. The Hall–Kier alpha value is -1.50. The van der Waals surface area contributed by atoms with Gasteiger partial charge in [-0.25, -0.2) is 0 Å². The van der Waals surface area contributed by atoms with E-state index in [9.17, 15) is 0 Å². The largest absolute Gasteiger partial charge is 0.372 e. The fraction of sp³-hybridized carbons (Fsp3) is 0.375. The van der Waals surface area contributed by atoms with Crippen molar-refractivity contribution < 1.29 is 0 Å². The third-order valence-electron chi connectivity index (χ3n) is 2.69. The van der Waals surface area contributed by atoms with Gasteiger partial charge < -0.3 is 4.90 Å². The molecule has 1 heteroatoms. The molecule has 0 aromatic heterocycles. The summed E-state index contributed by atoms with van der Waals surface area (Å²) < 4.78 is 0. The van der Waals surface area contributed by atoms with Gasteiger partial charge in [0.25, 0.3) is 0 Å². The second kappa shape index (κ2) is 6.95. The Morgan fingerprint density at radius 1 is 1.24 bits per heavy atom. The van der Waals surface area contributed by atoms with E-state index in [0.29, 0.717) is 0 Å². The molecule has 92 valence electrons. The van der Waals surface area contributed by atoms with E-state index in [2.05, 4.69) is 55.7 Å². The first-order valence-electron chi connectivity index (χ1n) is 6.36. The SMILES string of the molecule is C=C(C)/C=C/c1ccc(N(CC)CCC)cc1. The van der Waals surface area contributed by atoms with Crippen LogP contribution in [0.4, 0.5) is 5.69 Å². The lowest BCUT2D eigenvalue weighted by Crippen LogP contribution is -2.23. The van der Waals surface area contributed by atoms with Crippen LogP contribution in [0, 0.1) is 0 Å². The van der Waals surface area contributed by atoms with Gasteiger partial charge >= 0.3 is 0 Å². The molecule has 0 aliphatic rings. The van der Waals surface area contributed by atoms with Crippen LogP contribution in [0.15, 0.2) is 42.5 Å². The Kier molecular flexibility index (Phi) is 5.55. The number of hydrogen-bond donors (Lipinski definition) is 0. The summed E-state index contributed by atoms with van der Waals surface area (Å²) in [4.78, 5) is 2.40. The van der Waals surface area contributed by atoms with E-state index in [1.54, 1.807) is 0 Å². The monoisotopic (exact) mass is 229 g/mol. The molecular formula is C16H23N. The molecule has 0 amide bonds. The molecular weight excluding hydrogens is 206 g/mol. The van der Waals surface area contributed by atoms with Crippen LogP contribution in [0.5, 0.6) is 0 Å². The van der Waals surface area contributed by atoms with Crippen LogP contribution in [-0.2, 0) is 0 Å². The Balaban J connectivity index is 2.76. The van der Waals surface area contributed by atoms with Gasteiger partial charge in [-0.05, 0) is 38.0 Å². The normalized spacial score (nSPS) is 10.8. The zero-order chi connectivity index (χ0) is 12.7. The van der Waals surface area contributed by atoms with E-state index >= 15 is 0 Å². The molecule has 0 bridgehead atoms. The second-order valence-electron chi connectivity index (χ2n) is 4.35. The van der Waals surface area contributed by atoms with Crippen LogP contribution in [0.3, 0.4) is 0 Å². The van der Waals surface area contributed by atoms with Crippen molar-refractivity contribution in [2.45, 2.75) is 27.2 Å². The fourth-order valence-electron chi connectivity index (χ4n) is 1.77. The minimum absolute atomic E-state index is 1.06. The molecule has 17 heavy (non-hydrogen) atoms. The van der Waals surface area contributed by atoms with Crippen LogP contribution in [0.25, 0.3) is 6.08 Å². The first-order chi connectivity index (χ1) is 8.17. The third kappa shape index (κ3) is 4.48. The van der Waals surface area contributed by atoms with Crippen molar-refractivity contribution in [2.75, 3.05) is 18.0 Å². The minimum Gasteiger partial charge on any atom is -0.372 e. The van der Waals surface area contributed by atoms with Gasteiger partial charge in [0.05, 0.1) is 0 Å². The summed E-state index contributed by atoms with van der Waals surface area (Å²) in [6, 6.07) is 8.70. The summed E-state index contributed by atoms with van der Waals surface area (Å²) in [5.41, 5.74) is 3.61. The predicted octanol–water partition coefficient (Wildman–Crippen LogP) is 4.51. The summed E-state index contributed by atoms with van der Waals surface area (Å²) in [6.45, 7) is 12.5. The van der Waals surface area contributed by atoms with E-state index in [-0.39, 0.29) is 0 Å². The van der Waals surface area contributed by atoms with Gasteiger partial charge in [0.1, 0.15) is 0 Å². The van der Waals surface area contributed by atoms with Crippen molar-refractivity contribution in [1.82, 2.24) is 0 Å². The lowest BCUT2D eigenvalue weighted by Gasteiger charge is -2.22. The molecule has 0 saturated carbocycles. The molecule has 1 aromatic rings. The average molecular weight is 229 g/mol. The molecule has 0 saturated heterocycles. The van der Waals surface area contributed by atoms with Gasteiger partial charge in [-0.15, -0.1) is 0 Å². The van der Waals surface area contributed by atoms with Gasteiger partial charge in [0.15, 0.2) is 0 Å². The topological polar surface area (TPSA) is 3.24 Å². The van der Waals surface area contributed by atoms with Gasteiger partial charge in [0, 0.05) is 18.8 Å². The van der Waals surface area contributed by atoms with Crippen LogP contribution in [-0.4, -0.2) is 13.1 Å². The predicted molar refractivity (Wildman–Crippen MR) is 78.5 cm³/mol. The molecule has 0 heterocycles. The number of benzene rings is 1. The maximum atomic E-state index is 3.86. The van der Waals surface area contributed by atoms with E-state index in [0.717, 1.165) is 18.7 Å². The van der Waals surface area contributed by atoms with Crippen molar-refractivity contribution in [1.29, 1.82) is 0 Å². The highest BCUT2D eigenvalue weighted by atomic mass is 15.1. The maximum absolute atomic E-state index is 3.86. The molecule has 0 fully saturated rings. The summed E-state index contributed by atoms with van der Waals surface area (Å²) >= 11 is 0. The van der Waals surface area contributed by atoms with Crippen LogP contribution in [0.2, 0.25) is 0 Å². The molecule has 1 aromatic carbocycles. The molecule has 1 rings (SSSR count). The first-order valence-corrected chi connectivity index (χ1v) is 6.36. The van der Waals surface area contributed by atoms with E-state index < -0.39 is 0 Å². The Labute approximate surface area is 105 Å². The zero-order valence-corrected chi connectivity index (χ0v) is 11.2. The summed E-state index contributed by atoms with van der Waals surface area (Å²) in [7, 11) is 0. The summed E-state index contributed by atoms with van der Waals surface area (Å²) in [6.07, 6.45) is 5.33. The van der Waals surface area contributed by atoms with Gasteiger partial charge in [-0.1, -0.05) is 43.4 Å².